The van der Waals surface area contributed by atoms with Gasteiger partial charge >= 0.3 is 12.1 Å². The molecule has 2 saturated carbocycles. The summed E-state index contributed by atoms with van der Waals surface area (Å²) in [5, 5.41) is 10.6. The van der Waals surface area contributed by atoms with E-state index in [4.69, 9.17) is 32.7 Å². The first kappa shape index (κ1) is 22.5. The molecule has 27 heavy (non-hydrogen) atoms. The second-order valence-corrected chi connectivity index (χ2v) is 8.19. The third-order valence-corrected chi connectivity index (χ3v) is 6.04. The number of alkyl halides is 5. The molecule has 6 atom stereocenters. The van der Waals surface area contributed by atoms with E-state index in [1.807, 2.05) is 0 Å². The smallest absolute Gasteiger partial charge is 0.392 e. The van der Waals surface area contributed by atoms with Crippen molar-refractivity contribution in [2.45, 2.75) is 67.6 Å². The molecule has 2 aliphatic carbocycles. The molecule has 11 heteroatoms. The summed E-state index contributed by atoms with van der Waals surface area (Å²) in [5.74, 6) is -2.63. The number of ether oxygens (including phenoxy) is 2. The van der Waals surface area contributed by atoms with Crippen LogP contribution in [0.2, 0.25) is 0 Å². The summed E-state index contributed by atoms with van der Waals surface area (Å²) in [6.07, 6.45) is -4.57. The SMILES string of the molecule is O=C(OCCOC1CCC(C(F)(F)F)CC1[N+](=O)[O-])C1CCC(Cl)CC1Cl. The Morgan fingerprint density at radius 1 is 1.11 bits per heavy atom. The van der Waals surface area contributed by atoms with Crippen LogP contribution in [0.15, 0.2) is 0 Å². The van der Waals surface area contributed by atoms with E-state index in [1.54, 1.807) is 0 Å². The molecule has 0 aromatic rings. The minimum Gasteiger partial charge on any atom is -0.463 e. The van der Waals surface area contributed by atoms with E-state index < -0.39 is 52.8 Å². The third kappa shape index (κ3) is 6.35. The number of carbonyl (C=O) groups is 1. The maximum Gasteiger partial charge on any atom is 0.392 e. The van der Waals surface area contributed by atoms with Gasteiger partial charge in [0.2, 0.25) is 6.04 Å². The highest BCUT2D eigenvalue weighted by atomic mass is 35.5. The van der Waals surface area contributed by atoms with Crippen LogP contribution in [0.4, 0.5) is 13.2 Å². The molecule has 0 saturated heterocycles. The molecule has 0 amide bonds. The Kier molecular flexibility index (Phi) is 8.00. The van der Waals surface area contributed by atoms with E-state index in [0.717, 1.165) is 0 Å². The second-order valence-electron chi connectivity index (χ2n) is 7.01. The van der Waals surface area contributed by atoms with Gasteiger partial charge in [-0.2, -0.15) is 13.2 Å². The van der Waals surface area contributed by atoms with Gasteiger partial charge in [0.1, 0.15) is 12.7 Å². The van der Waals surface area contributed by atoms with E-state index in [-0.39, 0.29) is 31.4 Å². The number of nitro groups is 1. The van der Waals surface area contributed by atoms with Crippen LogP contribution in [0.25, 0.3) is 0 Å². The highest BCUT2D eigenvalue weighted by Crippen LogP contribution is 2.39. The van der Waals surface area contributed by atoms with Gasteiger partial charge in [0.25, 0.3) is 0 Å². The van der Waals surface area contributed by atoms with Gasteiger partial charge in [0.05, 0.1) is 18.4 Å². The number of rotatable bonds is 6. The number of esters is 1. The lowest BCUT2D eigenvalue weighted by molar-refractivity contribution is -0.542. The summed E-state index contributed by atoms with van der Waals surface area (Å²) < 4.78 is 48.8. The summed E-state index contributed by atoms with van der Waals surface area (Å²) in [4.78, 5) is 22.4. The van der Waals surface area contributed by atoms with Crippen molar-refractivity contribution in [1.82, 2.24) is 0 Å². The molecular formula is C16H22Cl2F3NO5. The predicted octanol–water partition coefficient (Wildman–Crippen LogP) is 3.94. The average molecular weight is 436 g/mol. The maximum atomic E-state index is 12.8. The van der Waals surface area contributed by atoms with Crippen molar-refractivity contribution in [2.24, 2.45) is 11.8 Å². The maximum absolute atomic E-state index is 12.8. The largest absolute Gasteiger partial charge is 0.463 e. The molecule has 6 unspecified atom stereocenters. The van der Waals surface area contributed by atoms with Crippen LogP contribution in [0.5, 0.6) is 0 Å². The Bertz CT molecular complexity index is 537. The average Bonchev–Trinajstić information content (AvgIpc) is 2.57. The molecule has 0 aliphatic heterocycles. The van der Waals surface area contributed by atoms with Crippen LogP contribution in [0, 0.1) is 22.0 Å². The zero-order chi connectivity index (χ0) is 20.2. The quantitative estimate of drug-likeness (QED) is 0.207. The van der Waals surface area contributed by atoms with E-state index in [1.165, 1.54) is 0 Å². The van der Waals surface area contributed by atoms with Crippen molar-refractivity contribution in [3.63, 3.8) is 0 Å². The molecule has 0 N–H and O–H groups in total. The van der Waals surface area contributed by atoms with Crippen LogP contribution < -0.4 is 0 Å². The van der Waals surface area contributed by atoms with Crippen LogP contribution in [-0.2, 0) is 14.3 Å². The van der Waals surface area contributed by atoms with Gasteiger partial charge in [0, 0.05) is 22.1 Å². The Hall–Kier alpha value is -0.800. The van der Waals surface area contributed by atoms with Crippen molar-refractivity contribution >= 4 is 29.2 Å². The van der Waals surface area contributed by atoms with Crippen LogP contribution >= 0.6 is 23.2 Å². The highest BCUT2D eigenvalue weighted by Gasteiger charge is 2.49. The fourth-order valence-electron chi connectivity index (χ4n) is 3.61. The van der Waals surface area contributed by atoms with Crippen molar-refractivity contribution < 1.29 is 32.4 Å². The van der Waals surface area contributed by atoms with Crippen LogP contribution in [0.1, 0.15) is 38.5 Å². The lowest BCUT2D eigenvalue weighted by atomic mass is 9.83. The third-order valence-electron chi connectivity index (χ3n) is 5.16. The fourth-order valence-corrected chi connectivity index (χ4v) is 4.47. The lowest BCUT2D eigenvalue weighted by Crippen LogP contribution is -2.45. The molecule has 0 bridgehead atoms. The summed E-state index contributed by atoms with van der Waals surface area (Å²) in [5.41, 5.74) is 0. The summed E-state index contributed by atoms with van der Waals surface area (Å²) >= 11 is 12.1. The minimum atomic E-state index is -4.45. The molecule has 0 radical (unpaired) electrons. The van der Waals surface area contributed by atoms with Gasteiger partial charge in [-0.1, -0.05) is 0 Å². The van der Waals surface area contributed by atoms with E-state index in [2.05, 4.69) is 0 Å². The van der Waals surface area contributed by atoms with Gasteiger partial charge in [0.15, 0.2) is 0 Å². The molecule has 0 spiro atoms. The van der Waals surface area contributed by atoms with Gasteiger partial charge < -0.3 is 9.47 Å². The van der Waals surface area contributed by atoms with Crippen molar-refractivity contribution in [1.29, 1.82) is 0 Å². The van der Waals surface area contributed by atoms with Crippen LogP contribution in [-0.4, -0.2) is 53.2 Å². The minimum absolute atomic E-state index is 0.0622. The topological polar surface area (TPSA) is 78.7 Å². The first-order valence-corrected chi connectivity index (χ1v) is 9.73. The van der Waals surface area contributed by atoms with Gasteiger partial charge in [-0.25, -0.2) is 0 Å². The van der Waals surface area contributed by atoms with Gasteiger partial charge in [-0.15, -0.1) is 23.2 Å². The first-order valence-electron chi connectivity index (χ1n) is 8.86. The Balaban J connectivity index is 1.76. The fraction of sp³-hybridized carbons (Fsp3) is 0.938. The Morgan fingerprint density at radius 3 is 2.41 bits per heavy atom. The molecule has 0 heterocycles. The number of nitrogens with zero attached hydrogens (tertiary/aromatic N) is 1. The Morgan fingerprint density at radius 2 is 1.81 bits per heavy atom. The highest BCUT2D eigenvalue weighted by molar-refractivity contribution is 6.24. The summed E-state index contributed by atoms with van der Waals surface area (Å²) in [6, 6.07) is -1.42. The zero-order valence-corrected chi connectivity index (χ0v) is 16.0. The van der Waals surface area contributed by atoms with Gasteiger partial charge in [-0.05, 0) is 32.1 Å². The molecule has 6 nitrogen and oxygen atoms in total. The first-order chi connectivity index (χ1) is 12.6. The van der Waals surface area contributed by atoms with Crippen LogP contribution in [0.3, 0.4) is 0 Å². The van der Waals surface area contributed by atoms with Gasteiger partial charge in [-0.3, -0.25) is 14.9 Å². The van der Waals surface area contributed by atoms with Crippen molar-refractivity contribution in [3.8, 4) is 0 Å². The molecule has 0 aromatic heterocycles. The molecule has 2 rings (SSSR count). The molecule has 2 fully saturated rings. The summed E-state index contributed by atoms with van der Waals surface area (Å²) in [7, 11) is 0. The standard InChI is InChI=1S/C16H22Cl2F3NO5/c17-10-2-3-11(12(18)8-10)15(23)27-6-5-26-14-4-1-9(16(19,20)21)7-13(14)22(24)25/h9-14H,1-8H2. The van der Waals surface area contributed by atoms with E-state index in [9.17, 15) is 28.1 Å². The molecule has 156 valence electrons. The Labute approximate surface area is 164 Å². The monoisotopic (exact) mass is 435 g/mol. The van der Waals surface area contributed by atoms with Crippen molar-refractivity contribution in [2.75, 3.05) is 13.2 Å². The zero-order valence-electron chi connectivity index (χ0n) is 14.5. The van der Waals surface area contributed by atoms with Crippen molar-refractivity contribution in [3.05, 3.63) is 10.1 Å². The molecule has 0 aromatic carbocycles. The van der Waals surface area contributed by atoms with E-state index in [0.29, 0.717) is 19.3 Å². The molecule has 2 aliphatic rings. The number of hydrogen-bond donors (Lipinski definition) is 0. The predicted molar refractivity (Wildman–Crippen MR) is 91.5 cm³/mol. The normalized spacial score (nSPS) is 34.9. The molecular weight excluding hydrogens is 414 g/mol. The van der Waals surface area contributed by atoms with E-state index >= 15 is 0 Å². The number of hydrogen-bond acceptors (Lipinski definition) is 5. The number of carbonyl (C=O) groups excluding carboxylic acids is 1. The summed E-state index contributed by atoms with van der Waals surface area (Å²) in [6.45, 7) is -0.248. The second kappa shape index (κ2) is 9.60. The lowest BCUT2D eigenvalue weighted by Gasteiger charge is -2.32. The number of halogens is 5.